The Labute approximate surface area is 189 Å². The zero-order chi connectivity index (χ0) is 21.4. The zero-order valence-electron chi connectivity index (χ0n) is 18.3. The van der Waals surface area contributed by atoms with Crippen molar-refractivity contribution >= 4 is 22.9 Å². The van der Waals surface area contributed by atoms with Crippen LogP contribution in [0.25, 0.3) is 5.57 Å². The number of pyridine rings is 1. The molecule has 2 aromatic rings. The van der Waals surface area contributed by atoms with Gasteiger partial charge in [-0.15, -0.1) is 11.3 Å². The molecular formula is C26H32N2O2S. The van der Waals surface area contributed by atoms with E-state index < -0.39 is 5.97 Å². The van der Waals surface area contributed by atoms with Gasteiger partial charge >= 0.3 is 5.97 Å². The van der Waals surface area contributed by atoms with Crippen molar-refractivity contribution < 1.29 is 9.90 Å². The SMILES string of the molecule is CC1CCC(C2=C(c3cc(C4CC4)sc3C(=O)O)CCN(Cc3ccccn3)C2)CC1. The highest BCUT2D eigenvalue weighted by atomic mass is 32.1. The topological polar surface area (TPSA) is 53.4 Å². The fraction of sp³-hybridized carbons (Fsp3) is 0.538. The van der Waals surface area contributed by atoms with Gasteiger partial charge in [-0.2, -0.15) is 0 Å². The summed E-state index contributed by atoms with van der Waals surface area (Å²) >= 11 is 1.53. The molecule has 1 N–H and O–H groups in total. The van der Waals surface area contributed by atoms with Gasteiger partial charge in [0.25, 0.3) is 0 Å². The predicted molar refractivity (Wildman–Crippen MR) is 125 cm³/mol. The first-order valence-corrected chi connectivity index (χ1v) is 12.6. The van der Waals surface area contributed by atoms with E-state index in [9.17, 15) is 9.90 Å². The molecule has 0 amide bonds. The van der Waals surface area contributed by atoms with Gasteiger partial charge in [0.15, 0.2) is 0 Å². The molecule has 0 bridgehead atoms. The Balaban J connectivity index is 1.49. The second-order valence-corrected chi connectivity index (χ2v) is 10.8. The van der Waals surface area contributed by atoms with E-state index in [4.69, 9.17) is 0 Å². The molecule has 2 saturated carbocycles. The van der Waals surface area contributed by atoms with Gasteiger partial charge in [-0.3, -0.25) is 9.88 Å². The summed E-state index contributed by atoms with van der Waals surface area (Å²) in [7, 11) is 0. The van der Waals surface area contributed by atoms with E-state index in [0.29, 0.717) is 16.7 Å². The highest BCUT2D eigenvalue weighted by Crippen LogP contribution is 2.47. The molecule has 0 aromatic carbocycles. The first-order valence-electron chi connectivity index (χ1n) is 11.8. The third-order valence-corrected chi connectivity index (χ3v) is 8.62. The van der Waals surface area contributed by atoms with Crippen molar-refractivity contribution in [2.24, 2.45) is 11.8 Å². The van der Waals surface area contributed by atoms with Crippen LogP contribution >= 0.6 is 11.3 Å². The number of aromatic nitrogens is 1. The fourth-order valence-corrected chi connectivity index (χ4v) is 6.55. The quantitative estimate of drug-likeness (QED) is 0.585. The first-order chi connectivity index (χ1) is 15.1. The van der Waals surface area contributed by atoms with Crippen LogP contribution in [0.2, 0.25) is 0 Å². The van der Waals surface area contributed by atoms with Crippen molar-refractivity contribution in [3.8, 4) is 0 Å². The maximum Gasteiger partial charge on any atom is 0.346 e. The number of aromatic carboxylic acids is 1. The minimum atomic E-state index is -0.757. The van der Waals surface area contributed by atoms with E-state index in [1.54, 1.807) is 0 Å². The Morgan fingerprint density at radius 2 is 1.94 bits per heavy atom. The van der Waals surface area contributed by atoms with Crippen LogP contribution in [-0.2, 0) is 6.54 Å². The van der Waals surface area contributed by atoms with Crippen molar-refractivity contribution in [2.75, 3.05) is 13.1 Å². The number of carboxylic acid groups (broad SMARTS) is 1. The Bertz CT molecular complexity index is 969. The first kappa shape index (κ1) is 20.9. The van der Waals surface area contributed by atoms with Crippen LogP contribution in [0, 0.1) is 11.8 Å². The number of nitrogens with zero attached hydrogens (tertiary/aromatic N) is 2. The van der Waals surface area contributed by atoms with E-state index in [1.807, 2.05) is 12.3 Å². The summed E-state index contributed by atoms with van der Waals surface area (Å²) in [5, 5.41) is 9.96. The molecule has 5 rings (SSSR count). The summed E-state index contributed by atoms with van der Waals surface area (Å²) in [6.07, 6.45) is 10.3. The van der Waals surface area contributed by atoms with Crippen LogP contribution in [0.1, 0.15) is 83.6 Å². The summed E-state index contributed by atoms with van der Waals surface area (Å²) in [6, 6.07) is 8.36. The standard InChI is InChI=1S/C26H32N2O2S/c1-17-5-7-18(8-6-17)23-16-28(15-20-4-2-3-12-27-20)13-11-21(23)22-14-24(19-9-10-19)31-25(22)26(29)30/h2-4,12,14,17-19H,5-11,13,15-16H2,1H3,(H,29,30). The lowest BCUT2D eigenvalue weighted by Crippen LogP contribution is -2.34. The molecule has 5 heteroatoms. The number of carboxylic acids is 1. The van der Waals surface area contributed by atoms with Crippen LogP contribution < -0.4 is 0 Å². The van der Waals surface area contributed by atoms with Crippen LogP contribution in [-0.4, -0.2) is 34.0 Å². The molecule has 2 fully saturated rings. The van der Waals surface area contributed by atoms with Gasteiger partial charge in [-0.25, -0.2) is 4.79 Å². The lowest BCUT2D eigenvalue weighted by atomic mass is 9.75. The lowest BCUT2D eigenvalue weighted by Gasteiger charge is -2.37. The molecule has 3 aliphatic rings. The summed E-state index contributed by atoms with van der Waals surface area (Å²) < 4.78 is 0. The molecule has 0 spiro atoms. The average molecular weight is 437 g/mol. The number of hydrogen-bond donors (Lipinski definition) is 1. The maximum absolute atomic E-state index is 12.1. The van der Waals surface area contributed by atoms with E-state index >= 15 is 0 Å². The van der Waals surface area contributed by atoms with Crippen LogP contribution in [0.15, 0.2) is 36.0 Å². The van der Waals surface area contributed by atoms with Crippen LogP contribution in [0.3, 0.4) is 0 Å². The zero-order valence-corrected chi connectivity index (χ0v) is 19.2. The maximum atomic E-state index is 12.1. The summed E-state index contributed by atoms with van der Waals surface area (Å²) in [5.74, 6) is 1.24. The van der Waals surface area contributed by atoms with Crippen LogP contribution in [0.4, 0.5) is 0 Å². The van der Waals surface area contributed by atoms with Crippen molar-refractivity contribution in [2.45, 2.75) is 64.3 Å². The molecule has 31 heavy (non-hydrogen) atoms. The van der Waals surface area contributed by atoms with Crippen molar-refractivity contribution in [3.05, 3.63) is 57.0 Å². The smallest absolute Gasteiger partial charge is 0.346 e. The van der Waals surface area contributed by atoms with Gasteiger partial charge in [0.2, 0.25) is 0 Å². The second-order valence-electron chi connectivity index (χ2n) is 9.71. The van der Waals surface area contributed by atoms with E-state index in [0.717, 1.165) is 43.2 Å². The minimum Gasteiger partial charge on any atom is -0.477 e. The highest BCUT2D eigenvalue weighted by molar-refractivity contribution is 7.14. The Morgan fingerprint density at radius 3 is 2.61 bits per heavy atom. The molecule has 0 atom stereocenters. The Morgan fingerprint density at radius 1 is 1.16 bits per heavy atom. The lowest BCUT2D eigenvalue weighted by molar-refractivity contribution is 0.0702. The molecule has 3 heterocycles. The van der Waals surface area contributed by atoms with Crippen LogP contribution in [0.5, 0.6) is 0 Å². The van der Waals surface area contributed by atoms with Gasteiger partial charge in [0.1, 0.15) is 4.88 Å². The largest absolute Gasteiger partial charge is 0.477 e. The van der Waals surface area contributed by atoms with Gasteiger partial charge in [-0.05, 0) is 79.2 Å². The predicted octanol–water partition coefficient (Wildman–Crippen LogP) is 6.20. The van der Waals surface area contributed by atoms with Crippen molar-refractivity contribution in [1.82, 2.24) is 9.88 Å². The molecular weight excluding hydrogens is 404 g/mol. The molecule has 2 aliphatic carbocycles. The molecule has 0 unspecified atom stereocenters. The van der Waals surface area contributed by atoms with Gasteiger partial charge in [0.05, 0.1) is 5.69 Å². The minimum absolute atomic E-state index is 0.566. The van der Waals surface area contributed by atoms with E-state index in [-0.39, 0.29) is 0 Å². The third-order valence-electron chi connectivity index (χ3n) is 7.33. The number of thiophene rings is 1. The summed E-state index contributed by atoms with van der Waals surface area (Å²) in [4.78, 5) is 21.0. The van der Waals surface area contributed by atoms with Gasteiger partial charge in [-0.1, -0.05) is 25.8 Å². The molecule has 2 aromatic heterocycles. The second kappa shape index (κ2) is 8.87. The number of rotatable bonds is 6. The Kier molecular flexibility index (Phi) is 5.98. The number of hydrogen-bond acceptors (Lipinski definition) is 4. The van der Waals surface area contributed by atoms with Gasteiger partial charge in [0, 0.05) is 36.3 Å². The summed E-state index contributed by atoms with van der Waals surface area (Å²) in [6.45, 7) is 5.14. The molecule has 164 valence electrons. The third kappa shape index (κ3) is 4.63. The normalized spacial score (nSPS) is 25.1. The molecule has 4 nitrogen and oxygen atoms in total. The van der Waals surface area contributed by atoms with E-state index in [1.165, 1.54) is 65.9 Å². The molecule has 0 radical (unpaired) electrons. The fourth-order valence-electron chi connectivity index (χ4n) is 5.36. The molecule has 1 aliphatic heterocycles. The van der Waals surface area contributed by atoms with Crippen molar-refractivity contribution in [3.63, 3.8) is 0 Å². The highest BCUT2D eigenvalue weighted by Gasteiger charge is 2.33. The average Bonchev–Trinajstić information content (AvgIpc) is 3.53. The van der Waals surface area contributed by atoms with E-state index in [2.05, 4.69) is 35.0 Å². The Hall–Kier alpha value is -1.98. The van der Waals surface area contributed by atoms with Gasteiger partial charge < -0.3 is 5.11 Å². The molecule has 0 saturated heterocycles. The number of carbonyl (C=O) groups is 1. The summed E-state index contributed by atoms with van der Waals surface area (Å²) in [5.41, 5.74) is 5.00. The van der Waals surface area contributed by atoms with Crippen molar-refractivity contribution in [1.29, 1.82) is 0 Å². The monoisotopic (exact) mass is 436 g/mol.